The summed E-state index contributed by atoms with van der Waals surface area (Å²) in [5.74, 6) is -0.978. The lowest BCUT2D eigenvalue weighted by Gasteiger charge is -2.28. The molecule has 11 heteroatoms. The van der Waals surface area contributed by atoms with E-state index >= 15 is 0 Å². The van der Waals surface area contributed by atoms with Crippen LogP contribution in [-0.4, -0.2) is 30.7 Å². The van der Waals surface area contributed by atoms with Gasteiger partial charge in [0.1, 0.15) is 11.6 Å². The number of halogens is 2. The standard InChI is InChI=1S/C31H37F2N3O6/c1-17(14-31(2,3)4)26(42-30(34)38)27-25(28(37)35-15-20-8-10-21(32)13-22(20)33)36-29(41-27)19-9-11-23(39-5)24(12-19)40-16-18-6-7-18/h8-13,17-18,26H,6-7,14-16H2,1-5H3,(H2,34,38)(H,35,37)/t17-,26?/m0/s1. The van der Waals surface area contributed by atoms with Crippen LogP contribution >= 0.6 is 0 Å². The SMILES string of the molecule is COc1ccc(-c2nc(C(=O)NCc3ccc(F)cc3F)c(C(OC(N)=O)[C@@H](C)CC(C)(C)C)o2)cc1OCC1CC1. The van der Waals surface area contributed by atoms with Crippen LogP contribution in [0.25, 0.3) is 11.5 Å². The van der Waals surface area contributed by atoms with E-state index in [1.807, 2.05) is 27.7 Å². The lowest BCUT2D eigenvalue weighted by atomic mass is 9.82. The van der Waals surface area contributed by atoms with Crippen LogP contribution < -0.4 is 20.5 Å². The second-order valence-corrected chi connectivity index (χ2v) is 11.9. The second-order valence-electron chi connectivity index (χ2n) is 11.9. The Kier molecular flexibility index (Phi) is 9.38. The van der Waals surface area contributed by atoms with E-state index in [9.17, 15) is 18.4 Å². The molecule has 0 spiro atoms. The number of nitrogens with one attached hydrogen (secondary N) is 1. The summed E-state index contributed by atoms with van der Waals surface area (Å²) in [5.41, 5.74) is 5.68. The fourth-order valence-electron chi connectivity index (χ4n) is 4.78. The molecule has 2 atom stereocenters. The number of hydrogen-bond acceptors (Lipinski definition) is 7. The third-order valence-electron chi connectivity index (χ3n) is 6.86. The average molecular weight is 586 g/mol. The molecule has 3 aromatic rings. The molecule has 1 saturated carbocycles. The minimum absolute atomic E-state index is 0.00565. The summed E-state index contributed by atoms with van der Waals surface area (Å²) < 4.78 is 50.7. The molecule has 1 unspecified atom stereocenters. The van der Waals surface area contributed by atoms with Crippen LogP contribution in [0.4, 0.5) is 13.6 Å². The predicted molar refractivity (Wildman–Crippen MR) is 151 cm³/mol. The topological polar surface area (TPSA) is 126 Å². The van der Waals surface area contributed by atoms with E-state index in [4.69, 9.17) is 24.4 Å². The smallest absolute Gasteiger partial charge is 0.405 e. The number of nitrogens with zero attached hydrogens (tertiary/aromatic N) is 1. The van der Waals surface area contributed by atoms with Crippen LogP contribution in [0.3, 0.4) is 0 Å². The van der Waals surface area contributed by atoms with Crippen molar-refractivity contribution >= 4 is 12.0 Å². The van der Waals surface area contributed by atoms with Gasteiger partial charge in [-0.05, 0) is 54.9 Å². The van der Waals surface area contributed by atoms with Gasteiger partial charge in [0.05, 0.1) is 13.7 Å². The number of benzene rings is 2. The Morgan fingerprint density at radius 2 is 1.88 bits per heavy atom. The van der Waals surface area contributed by atoms with Crippen LogP contribution in [0.15, 0.2) is 40.8 Å². The number of carbonyl (C=O) groups is 2. The molecule has 9 nitrogen and oxygen atoms in total. The van der Waals surface area contributed by atoms with Crippen LogP contribution in [0.5, 0.6) is 11.5 Å². The molecule has 1 aromatic heterocycles. The average Bonchev–Trinajstić information content (AvgIpc) is 3.64. The van der Waals surface area contributed by atoms with E-state index in [1.165, 1.54) is 13.2 Å². The molecule has 1 fully saturated rings. The van der Waals surface area contributed by atoms with Gasteiger partial charge in [-0.25, -0.2) is 18.6 Å². The van der Waals surface area contributed by atoms with Crippen molar-refractivity contribution in [3.05, 3.63) is 65.1 Å². The molecule has 4 rings (SSSR count). The number of ether oxygens (including phenoxy) is 3. The van der Waals surface area contributed by atoms with Crippen molar-refractivity contribution in [2.75, 3.05) is 13.7 Å². The normalized spacial score (nSPS) is 14.6. The summed E-state index contributed by atoms with van der Waals surface area (Å²) in [7, 11) is 1.54. The molecular formula is C31H37F2N3O6. The molecule has 3 N–H and O–H groups in total. The molecule has 0 aliphatic heterocycles. The summed E-state index contributed by atoms with van der Waals surface area (Å²) >= 11 is 0. The summed E-state index contributed by atoms with van der Waals surface area (Å²) in [6.45, 7) is 8.25. The van der Waals surface area contributed by atoms with Gasteiger partial charge in [-0.2, -0.15) is 0 Å². The Balaban J connectivity index is 1.73. The van der Waals surface area contributed by atoms with E-state index in [-0.39, 0.29) is 40.8 Å². The number of rotatable bonds is 12. The van der Waals surface area contributed by atoms with Crippen molar-refractivity contribution < 1.29 is 37.0 Å². The number of carbonyl (C=O) groups excluding carboxylic acids is 2. The van der Waals surface area contributed by atoms with Gasteiger partial charge in [0.15, 0.2) is 29.1 Å². The van der Waals surface area contributed by atoms with E-state index in [0.717, 1.165) is 25.0 Å². The maximum atomic E-state index is 14.2. The van der Waals surface area contributed by atoms with Gasteiger partial charge < -0.3 is 29.7 Å². The highest BCUT2D eigenvalue weighted by Crippen LogP contribution is 2.40. The van der Waals surface area contributed by atoms with Crippen molar-refractivity contribution in [1.82, 2.24) is 10.3 Å². The highest BCUT2D eigenvalue weighted by atomic mass is 19.1. The third-order valence-corrected chi connectivity index (χ3v) is 6.86. The Morgan fingerprint density at radius 3 is 2.50 bits per heavy atom. The first kappa shape index (κ1) is 30.8. The predicted octanol–water partition coefficient (Wildman–Crippen LogP) is 6.56. The van der Waals surface area contributed by atoms with Gasteiger partial charge in [-0.1, -0.05) is 33.8 Å². The molecule has 2 aromatic carbocycles. The fraction of sp³-hybridized carbons (Fsp3) is 0.452. The maximum Gasteiger partial charge on any atom is 0.405 e. The zero-order valence-corrected chi connectivity index (χ0v) is 24.5. The summed E-state index contributed by atoms with van der Waals surface area (Å²) in [6, 6.07) is 8.19. The molecule has 226 valence electrons. The minimum atomic E-state index is -1.05. The summed E-state index contributed by atoms with van der Waals surface area (Å²) in [4.78, 5) is 29.9. The maximum absolute atomic E-state index is 14.2. The quantitative estimate of drug-likeness (QED) is 0.247. The van der Waals surface area contributed by atoms with Gasteiger partial charge in [0.25, 0.3) is 5.91 Å². The van der Waals surface area contributed by atoms with Gasteiger partial charge >= 0.3 is 6.09 Å². The molecule has 2 amide bonds. The Hall–Kier alpha value is -4.15. The first-order valence-electron chi connectivity index (χ1n) is 13.8. The number of oxazole rings is 1. The monoisotopic (exact) mass is 585 g/mol. The van der Waals surface area contributed by atoms with Crippen molar-refractivity contribution in [2.24, 2.45) is 23.0 Å². The molecule has 1 heterocycles. The summed E-state index contributed by atoms with van der Waals surface area (Å²) in [5, 5.41) is 2.61. The zero-order chi connectivity index (χ0) is 30.6. The largest absolute Gasteiger partial charge is 0.493 e. The van der Waals surface area contributed by atoms with Gasteiger partial charge in [-0.3, -0.25) is 4.79 Å². The Bertz CT molecular complexity index is 1430. The number of primary amides is 1. The van der Waals surface area contributed by atoms with Gasteiger partial charge in [0, 0.05) is 29.7 Å². The van der Waals surface area contributed by atoms with Crippen LogP contribution in [-0.2, 0) is 11.3 Å². The number of aromatic nitrogens is 1. The van der Waals surface area contributed by atoms with Crippen molar-refractivity contribution in [3.63, 3.8) is 0 Å². The van der Waals surface area contributed by atoms with Crippen molar-refractivity contribution in [1.29, 1.82) is 0 Å². The lowest BCUT2D eigenvalue weighted by molar-refractivity contribution is 0.0436. The Labute approximate surface area is 243 Å². The fourth-order valence-corrected chi connectivity index (χ4v) is 4.78. The van der Waals surface area contributed by atoms with Crippen LogP contribution in [0, 0.1) is 28.9 Å². The highest BCUT2D eigenvalue weighted by molar-refractivity contribution is 5.94. The second kappa shape index (κ2) is 12.8. The van der Waals surface area contributed by atoms with E-state index in [2.05, 4.69) is 10.3 Å². The summed E-state index contributed by atoms with van der Waals surface area (Å²) in [6.07, 6.45) is 0.720. The van der Waals surface area contributed by atoms with E-state index in [0.29, 0.717) is 36.0 Å². The number of methoxy groups -OCH3 is 1. The number of hydrogen-bond donors (Lipinski definition) is 2. The van der Waals surface area contributed by atoms with Crippen molar-refractivity contribution in [3.8, 4) is 23.0 Å². The molecule has 0 radical (unpaired) electrons. The molecule has 0 bridgehead atoms. The molecule has 1 aliphatic rings. The molecule has 0 saturated heterocycles. The first-order valence-corrected chi connectivity index (χ1v) is 13.8. The molecule has 42 heavy (non-hydrogen) atoms. The molecule has 1 aliphatic carbocycles. The third kappa shape index (κ3) is 7.98. The number of nitrogens with two attached hydrogens (primary N) is 1. The van der Waals surface area contributed by atoms with Gasteiger partial charge in [-0.15, -0.1) is 0 Å². The lowest BCUT2D eigenvalue weighted by Crippen LogP contribution is -2.29. The van der Waals surface area contributed by atoms with E-state index < -0.39 is 29.7 Å². The minimum Gasteiger partial charge on any atom is -0.493 e. The van der Waals surface area contributed by atoms with E-state index in [1.54, 1.807) is 18.2 Å². The van der Waals surface area contributed by atoms with Gasteiger partial charge in [0.2, 0.25) is 5.89 Å². The first-order chi connectivity index (χ1) is 19.8. The Morgan fingerprint density at radius 1 is 1.14 bits per heavy atom. The van der Waals surface area contributed by atoms with Crippen LogP contribution in [0.1, 0.15) is 74.9 Å². The highest BCUT2D eigenvalue weighted by Gasteiger charge is 2.35. The van der Waals surface area contributed by atoms with Crippen LogP contribution in [0.2, 0.25) is 0 Å². The molecular weight excluding hydrogens is 548 g/mol. The zero-order valence-electron chi connectivity index (χ0n) is 24.5. The van der Waals surface area contributed by atoms with Crippen molar-refractivity contribution in [2.45, 2.75) is 59.6 Å². The number of amides is 2.